The molecule has 0 spiro atoms. The lowest BCUT2D eigenvalue weighted by molar-refractivity contribution is -0.126. The van der Waals surface area contributed by atoms with Crippen molar-refractivity contribution in [3.63, 3.8) is 0 Å². The van der Waals surface area contributed by atoms with Crippen LogP contribution in [0.15, 0.2) is 24.3 Å². The van der Waals surface area contributed by atoms with Crippen LogP contribution in [0.1, 0.15) is 36.7 Å². The molecule has 152 valence electrons. The predicted octanol–water partition coefficient (Wildman–Crippen LogP) is 3.46. The number of carbonyl (C=O) groups is 2. The zero-order valence-corrected chi connectivity index (χ0v) is 17.2. The molecule has 0 radical (unpaired) electrons. The summed E-state index contributed by atoms with van der Waals surface area (Å²) in [4.78, 5) is 30.2. The SMILES string of the molecule is COCCCNC(=O)[C@@H](C)C1CCN(C(=O)c2cc3cc(Cl)ccc3[nH]2)CC1. The molecule has 0 bridgehead atoms. The fourth-order valence-corrected chi connectivity index (χ4v) is 3.98. The Morgan fingerprint density at radius 1 is 1.32 bits per heavy atom. The zero-order valence-electron chi connectivity index (χ0n) is 16.5. The molecule has 2 amide bonds. The topological polar surface area (TPSA) is 74.4 Å². The fraction of sp³-hybridized carbons (Fsp3) is 0.524. The van der Waals surface area contributed by atoms with Crippen molar-refractivity contribution < 1.29 is 14.3 Å². The van der Waals surface area contributed by atoms with Gasteiger partial charge < -0.3 is 19.9 Å². The van der Waals surface area contributed by atoms with Crippen molar-refractivity contribution in [3.05, 3.63) is 35.0 Å². The van der Waals surface area contributed by atoms with Gasteiger partial charge in [0.1, 0.15) is 5.69 Å². The Hall–Kier alpha value is -2.05. The van der Waals surface area contributed by atoms with Crippen LogP contribution in [0, 0.1) is 11.8 Å². The molecule has 2 heterocycles. The molecule has 1 aromatic carbocycles. The molecule has 1 aliphatic rings. The number of aromatic amines is 1. The number of halogens is 1. The molecule has 0 saturated carbocycles. The molecule has 2 aromatic rings. The van der Waals surface area contributed by atoms with Crippen molar-refractivity contribution in [2.24, 2.45) is 11.8 Å². The highest BCUT2D eigenvalue weighted by atomic mass is 35.5. The van der Waals surface area contributed by atoms with Crippen molar-refractivity contribution in [3.8, 4) is 0 Å². The molecule has 1 fully saturated rings. The third-order valence-corrected chi connectivity index (χ3v) is 5.82. The molecule has 0 aliphatic carbocycles. The minimum Gasteiger partial charge on any atom is -0.385 e. The average Bonchev–Trinajstić information content (AvgIpc) is 3.13. The van der Waals surface area contributed by atoms with E-state index in [1.807, 2.05) is 36.1 Å². The molecule has 1 aliphatic heterocycles. The number of benzene rings is 1. The molecule has 2 N–H and O–H groups in total. The Morgan fingerprint density at radius 3 is 2.79 bits per heavy atom. The first-order valence-electron chi connectivity index (χ1n) is 9.84. The lowest BCUT2D eigenvalue weighted by Crippen LogP contribution is -2.43. The second kappa shape index (κ2) is 9.43. The maximum absolute atomic E-state index is 12.8. The standard InChI is InChI=1S/C21H28ClN3O3/c1-14(20(26)23-8-3-11-28-2)15-6-9-25(10-7-15)21(27)19-13-16-12-17(22)4-5-18(16)24-19/h4-5,12-15,24H,3,6-11H2,1-2H3,(H,23,26)/t14-/m0/s1. The van der Waals surface area contributed by atoms with E-state index in [4.69, 9.17) is 16.3 Å². The largest absolute Gasteiger partial charge is 0.385 e. The Morgan fingerprint density at radius 2 is 2.07 bits per heavy atom. The van der Waals surface area contributed by atoms with Crippen LogP contribution < -0.4 is 5.32 Å². The average molecular weight is 406 g/mol. The van der Waals surface area contributed by atoms with E-state index in [9.17, 15) is 9.59 Å². The van der Waals surface area contributed by atoms with Crippen molar-refractivity contribution >= 4 is 34.3 Å². The monoisotopic (exact) mass is 405 g/mol. The molecule has 1 atom stereocenters. The lowest BCUT2D eigenvalue weighted by Gasteiger charge is -2.34. The minimum absolute atomic E-state index is 0.00226. The van der Waals surface area contributed by atoms with Crippen molar-refractivity contribution in [2.45, 2.75) is 26.2 Å². The number of H-pyrrole nitrogens is 1. The Bertz CT molecular complexity index is 827. The molecule has 3 rings (SSSR count). The van der Waals surface area contributed by atoms with E-state index < -0.39 is 0 Å². The second-order valence-corrected chi connectivity index (χ2v) is 7.91. The number of ether oxygens (including phenoxy) is 1. The summed E-state index contributed by atoms with van der Waals surface area (Å²) >= 11 is 6.03. The van der Waals surface area contributed by atoms with Gasteiger partial charge in [0.25, 0.3) is 5.91 Å². The van der Waals surface area contributed by atoms with Gasteiger partial charge in [-0.3, -0.25) is 9.59 Å². The van der Waals surface area contributed by atoms with Gasteiger partial charge in [-0.25, -0.2) is 0 Å². The van der Waals surface area contributed by atoms with Crippen LogP contribution in [0.5, 0.6) is 0 Å². The summed E-state index contributed by atoms with van der Waals surface area (Å²) in [5.74, 6) is 0.346. The number of aromatic nitrogens is 1. The van der Waals surface area contributed by atoms with Crippen LogP contribution in [0.4, 0.5) is 0 Å². The summed E-state index contributed by atoms with van der Waals surface area (Å²) in [6, 6.07) is 7.39. The van der Waals surface area contributed by atoms with E-state index in [-0.39, 0.29) is 17.7 Å². The number of fused-ring (bicyclic) bond motifs is 1. The van der Waals surface area contributed by atoms with Gasteiger partial charge in [0.2, 0.25) is 5.91 Å². The summed E-state index contributed by atoms with van der Waals surface area (Å²) < 4.78 is 5.00. The van der Waals surface area contributed by atoms with Crippen molar-refractivity contribution in [1.29, 1.82) is 0 Å². The second-order valence-electron chi connectivity index (χ2n) is 7.47. The van der Waals surface area contributed by atoms with Crippen LogP contribution in [-0.4, -0.2) is 55.0 Å². The number of amides is 2. The van der Waals surface area contributed by atoms with Gasteiger partial charge in [-0.15, -0.1) is 0 Å². The summed E-state index contributed by atoms with van der Waals surface area (Å²) in [7, 11) is 1.66. The number of methoxy groups -OCH3 is 1. The molecular weight excluding hydrogens is 378 g/mol. The molecule has 28 heavy (non-hydrogen) atoms. The Kier molecular flexibility index (Phi) is 6.97. The first-order chi connectivity index (χ1) is 13.5. The Balaban J connectivity index is 1.52. The van der Waals surface area contributed by atoms with E-state index in [2.05, 4.69) is 10.3 Å². The number of piperidine rings is 1. The van der Waals surface area contributed by atoms with Gasteiger partial charge in [0.15, 0.2) is 0 Å². The maximum Gasteiger partial charge on any atom is 0.270 e. The predicted molar refractivity (Wildman–Crippen MR) is 111 cm³/mol. The highest BCUT2D eigenvalue weighted by Crippen LogP contribution is 2.27. The van der Waals surface area contributed by atoms with Crippen LogP contribution >= 0.6 is 11.6 Å². The quantitative estimate of drug-likeness (QED) is 0.692. The number of carbonyl (C=O) groups excluding carboxylic acids is 2. The number of rotatable bonds is 7. The number of hydrogen-bond acceptors (Lipinski definition) is 3. The Labute approximate surface area is 170 Å². The zero-order chi connectivity index (χ0) is 20.1. The number of hydrogen-bond donors (Lipinski definition) is 2. The van der Waals surface area contributed by atoms with E-state index in [0.29, 0.717) is 42.9 Å². The molecule has 1 aromatic heterocycles. The van der Waals surface area contributed by atoms with E-state index in [1.54, 1.807) is 7.11 Å². The van der Waals surface area contributed by atoms with E-state index >= 15 is 0 Å². The van der Waals surface area contributed by atoms with Crippen LogP contribution in [-0.2, 0) is 9.53 Å². The molecule has 1 saturated heterocycles. The van der Waals surface area contributed by atoms with E-state index in [0.717, 1.165) is 30.2 Å². The van der Waals surface area contributed by atoms with Crippen molar-refractivity contribution in [2.75, 3.05) is 33.4 Å². The van der Waals surface area contributed by atoms with Gasteiger partial charge in [0.05, 0.1) is 0 Å². The summed E-state index contributed by atoms with van der Waals surface area (Å²) in [6.07, 6.45) is 2.49. The molecule has 7 heteroatoms. The van der Waals surface area contributed by atoms with Gasteiger partial charge in [-0.1, -0.05) is 18.5 Å². The first kappa shape index (κ1) is 20.7. The molecule has 6 nitrogen and oxygen atoms in total. The fourth-order valence-electron chi connectivity index (χ4n) is 3.79. The molecular formula is C21H28ClN3O3. The van der Waals surface area contributed by atoms with Crippen LogP contribution in [0.2, 0.25) is 5.02 Å². The van der Waals surface area contributed by atoms with Gasteiger partial charge in [-0.2, -0.15) is 0 Å². The highest BCUT2D eigenvalue weighted by molar-refractivity contribution is 6.31. The normalized spacial score (nSPS) is 16.3. The molecule has 0 unspecified atom stereocenters. The van der Waals surface area contributed by atoms with Gasteiger partial charge in [-0.05, 0) is 49.4 Å². The van der Waals surface area contributed by atoms with Crippen LogP contribution in [0.3, 0.4) is 0 Å². The summed E-state index contributed by atoms with van der Waals surface area (Å²) in [5, 5.41) is 4.57. The summed E-state index contributed by atoms with van der Waals surface area (Å²) in [5.41, 5.74) is 1.49. The minimum atomic E-state index is -0.0463. The maximum atomic E-state index is 12.8. The lowest BCUT2D eigenvalue weighted by atomic mass is 9.84. The third-order valence-electron chi connectivity index (χ3n) is 5.59. The van der Waals surface area contributed by atoms with Crippen LogP contribution in [0.25, 0.3) is 10.9 Å². The first-order valence-corrected chi connectivity index (χ1v) is 10.2. The number of nitrogens with one attached hydrogen (secondary N) is 2. The van der Waals surface area contributed by atoms with E-state index in [1.165, 1.54) is 0 Å². The van der Waals surface area contributed by atoms with Crippen molar-refractivity contribution in [1.82, 2.24) is 15.2 Å². The third kappa shape index (κ3) is 4.86. The summed E-state index contributed by atoms with van der Waals surface area (Å²) in [6.45, 7) is 4.60. The number of likely N-dealkylation sites (tertiary alicyclic amines) is 1. The van der Waals surface area contributed by atoms with Gasteiger partial charge in [0, 0.05) is 55.2 Å². The smallest absolute Gasteiger partial charge is 0.270 e. The number of nitrogens with zero attached hydrogens (tertiary/aromatic N) is 1. The highest BCUT2D eigenvalue weighted by Gasteiger charge is 2.30. The van der Waals surface area contributed by atoms with Gasteiger partial charge >= 0.3 is 0 Å².